The second kappa shape index (κ2) is 6.40. The molecule has 106 valence electrons. The van der Waals surface area contributed by atoms with E-state index in [-0.39, 0.29) is 12.4 Å². The fraction of sp³-hybridized carbons (Fsp3) is 0.294. The average Bonchev–Trinajstić information content (AvgIpc) is 2.77. The molecule has 0 aromatic heterocycles. The first-order valence-corrected chi connectivity index (χ1v) is 6.83. The number of hydrogen-bond donors (Lipinski definition) is 0. The molecule has 0 bridgehead atoms. The summed E-state index contributed by atoms with van der Waals surface area (Å²) < 4.78 is 0. The predicted octanol–water partition coefficient (Wildman–Crippen LogP) is 4.07. The van der Waals surface area contributed by atoms with Gasteiger partial charge in [-0.25, -0.2) is 10.0 Å². The number of rotatable bonds is 2. The molecule has 1 heterocycles. The Balaban J connectivity index is 0.00000147. The maximum absolute atomic E-state index is 2.35. The summed E-state index contributed by atoms with van der Waals surface area (Å²) in [6, 6.07) is 22.5. The molecule has 2 atom stereocenters. The molecular weight excluding hydrogens is 268 g/mol. The van der Waals surface area contributed by atoms with Crippen LogP contribution in [0.2, 0.25) is 0 Å². The molecular formula is C17H21ClN2. The lowest BCUT2D eigenvalue weighted by Gasteiger charge is -2.28. The number of nitrogens with zero attached hydrogens (tertiary/aromatic N) is 2. The Morgan fingerprint density at radius 1 is 0.700 bits per heavy atom. The molecule has 0 spiro atoms. The second-order valence-electron chi connectivity index (χ2n) is 5.24. The Morgan fingerprint density at radius 2 is 1.05 bits per heavy atom. The summed E-state index contributed by atoms with van der Waals surface area (Å²) >= 11 is 0. The first-order chi connectivity index (χ1) is 9.27. The van der Waals surface area contributed by atoms with E-state index in [0.29, 0.717) is 12.1 Å². The molecule has 2 nitrogen and oxygen atoms in total. The molecule has 1 saturated heterocycles. The molecule has 0 radical (unpaired) electrons. The zero-order chi connectivity index (χ0) is 13.2. The number of hydrogen-bond acceptors (Lipinski definition) is 2. The van der Waals surface area contributed by atoms with Gasteiger partial charge in [-0.05, 0) is 17.5 Å². The Hall–Kier alpha value is -1.35. The van der Waals surface area contributed by atoms with E-state index in [2.05, 4.69) is 84.8 Å². The quantitative estimate of drug-likeness (QED) is 0.822. The van der Waals surface area contributed by atoms with Crippen molar-refractivity contribution in [1.29, 1.82) is 0 Å². The molecule has 0 unspecified atom stereocenters. The summed E-state index contributed by atoms with van der Waals surface area (Å²) in [6.07, 6.45) is 1.14. The standard InChI is InChI=1S/C17H20N2.ClH/c1-18-16(14-9-5-3-6-10-14)13-17(19(18)2)15-11-7-4-8-12-15;/h3-12,16-17H,13H2,1-2H3;1H/t16-,17+;. The highest BCUT2D eigenvalue weighted by Gasteiger charge is 2.35. The molecule has 3 heteroatoms. The van der Waals surface area contributed by atoms with Crippen LogP contribution in [0, 0.1) is 0 Å². The van der Waals surface area contributed by atoms with E-state index in [4.69, 9.17) is 0 Å². The highest BCUT2D eigenvalue weighted by molar-refractivity contribution is 5.85. The van der Waals surface area contributed by atoms with Gasteiger partial charge >= 0.3 is 0 Å². The molecule has 3 rings (SSSR count). The first-order valence-electron chi connectivity index (χ1n) is 6.83. The van der Waals surface area contributed by atoms with Gasteiger partial charge in [-0.2, -0.15) is 0 Å². The molecule has 1 aliphatic heterocycles. The van der Waals surface area contributed by atoms with E-state index in [1.165, 1.54) is 11.1 Å². The third kappa shape index (κ3) is 2.73. The van der Waals surface area contributed by atoms with Crippen LogP contribution in [0.25, 0.3) is 0 Å². The van der Waals surface area contributed by atoms with Crippen molar-refractivity contribution in [3.63, 3.8) is 0 Å². The largest absolute Gasteiger partial charge is 0.237 e. The lowest BCUT2D eigenvalue weighted by atomic mass is 9.97. The minimum atomic E-state index is 0. The molecule has 1 aliphatic rings. The van der Waals surface area contributed by atoms with Crippen molar-refractivity contribution in [1.82, 2.24) is 10.0 Å². The molecule has 20 heavy (non-hydrogen) atoms. The minimum Gasteiger partial charge on any atom is -0.237 e. The lowest BCUT2D eigenvalue weighted by Crippen LogP contribution is -2.32. The molecule has 2 aromatic rings. The smallest absolute Gasteiger partial charge is 0.0511 e. The van der Waals surface area contributed by atoms with Crippen molar-refractivity contribution in [2.45, 2.75) is 18.5 Å². The maximum atomic E-state index is 2.35. The zero-order valence-electron chi connectivity index (χ0n) is 11.9. The van der Waals surface area contributed by atoms with Crippen LogP contribution in [0.3, 0.4) is 0 Å². The third-order valence-electron chi connectivity index (χ3n) is 4.21. The van der Waals surface area contributed by atoms with Crippen molar-refractivity contribution in [2.24, 2.45) is 0 Å². The minimum absolute atomic E-state index is 0. The van der Waals surface area contributed by atoms with E-state index in [1.807, 2.05) is 0 Å². The summed E-state index contributed by atoms with van der Waals surface area (Å²) in [6.45, 7) is 0. The monoisotopic (exact) mass is 288 g/mol. The van der Waals surface area contributed by atoms with Gasteiger partial charge in [0.05, 0.1) is 12.1 Å². The van der Waals surface area contributed by atoms with Crippen LogP contribution in [0.1, 0.15) is 29.6 Å². The van der Waals surface area contributed by atoms with Crippen LogP contribution < -0.4 is 0 Å². The fourth-order valence-electron chi connectivity index (χ4n) is 3.01. The van der Waals surface area contributed by atoms with Crippen LogP contribution in [-0.2, 0) is 0 Å². The van der Waals surface area contributed by atoms with Crippen molar-refractivity contribution in [2.75, 3.05) is 14.1 Å². The van der Waals surface area contributed by atoms with Crippen LogP contribution >= 0.6 is 12.4 Å². The van der Waals surface area contributed by atoms with Gasteiger partial charge < -0.3 is 0 Å². The van der Waals surface area contributed by atoms with Crippen molar-refractivity contribution < 1.29 is 0 Å². The van der Waals surface area contributed by atoms with Crippen molar-refractivity contribution in [3.05, 3.63) is 71.8 Å². The number of benzene rings is 2. The van der Waals surface area contributed by atoms with Crippen LogP contribution in [0.15, 0.2) is 60.7 Å². The maximum Gasteiger partial charge on any atom is 0.0511 e. The SMILES string of the molecule is CN1[C@@H](c2ccccc2)C[C@@H](c2ccccc2)N1C.Cl. The molecule has 1 fully saturated rings. The number of halogens is 1. The summed E-state index contributed by atoms with van der Waals surface area (Å²) in [5.41, 5.74) is 2.80. The molecule has 0 aliphatic carbocycles. The van der Waals surface area contributed by atoms with Gasteiger partial charge in [0, 0.05) is 14.1 Å². The van der Waals surface area contributed by atoms with Crippen molar-refractivity contribution >= 4 is 12.4 Å². The normalized spacial score (nSPS) is 23.5. The summed E-state index contributed by atoms with van der Waals surface area (Å²) in [7, 11) is 4.36. The fourth-order valence-corrected chi connectivity index (χ4v) is 3.01. The van der Waals surface area contributed by atoms with Crippen molar-refractivity contribution in [3.8, 4) is 0 Å². The van der Waals surface area contributed by atoms with Crippen LogP contribution in [0.5, 0.6) is 0 Å². The van der Waals surface area contributed by atoms with Gasteiger partial charge in [-0.3, -0.25) is 0 Å². The molecule has 2 aromatic carbocycles. The summed E-state index contributed by atoms with van der Waals surface area (Å²) in [4.78, 5) is 0. The summed E-state index contributed by atoms with van der Waals surface area (Å²) in [5, 5.41) is 4.71. The van der Waals surface area contributed by atoms with E-state index in [1.54, 1.807) is 0 Å². The van der Waals surface area contributed by atoms with E-state index < -0.39 is 0 Å². The zero-order valence-corrected chi connectivity index (χ0v) is 12.8. The van der Waals surface area contributed by atoms with E-state index in [9.17, 15) is 0 Å². The van der Waals surface area contributed by atoms with Gasteiger partial charge in [-0.1, -0.05) is 60.7 Å². The van der Waals surface area contributed by atoms with Gasteiger partial charge in [0.2, 0.25) is 0 Å². The molecule has 0 saturated carbocycles. The average molecular weight is 289 g/mol. The van der Waals surface area contributed by atoms with Gasteiger partial charge in [0.25, 0.3) is 0 Å². The van der Waals surface area contributed by atoms with Gasteiger partial charge in [0.15, 0.2) is 0 Å². The number of hydrazine groups is 1. The third-order valence-corrected chi connectivity index (χ3v) is 4.21. The molecule has 0 N–H and O–H groups in total. The Labute approximate surface area is 127 Å². The van der Waals surface area contributed by atoms with Crippen LogP contribution in [0.4, 0.5) is 0 Å². The highest BCUT2D eigenvalue weighted by atomic mass is 35.5. The van der Waals surface area contributed by atoms with Gasteiger partial charge in [0.1, 0.15) is 0 Å². The predicted molar refractivity (Wildman–Crippen MR) is 85.8 cm³/mol. The second-order valence-corrected chi connectivity index (χ2v) is 5.24. The van der Waals surface area contributed by atoms with E-state index >= 15 is 0 Å². The Bertz CT molecular complexity index is 480. The van der Waals surface area contributed by atoms with E-state index in [0.717, 1.165) is 6.42 Å². The van der Waals surface area contributed by atoms with Gasteiger partial charge in [-0.15, -0.1) is 12.4 Å². The molecule has 0 amide bonds. The first kappa shape index (κ1) is 15.0. The highest BCUT2D eigenvalue weighted by Crippen LogP contribution is 2.41. The van der Waals surface area contributed by atoms with Crippen LogP contribution in [-0.4, -0.2) is 24.1 Å². The Morgan fingerprint density at radius 3 is 1.40 bits per heavy atom. The topological polar surface area (TPSA) is 6.48 Å². The summed E-state index contributed by atoms with van der Waals surface area (Å²) in [5.74, 6) is 0. The Kier molecular flexibility index (Phi) is 4.81. The lowest BCUT2D eigenvalue weighted by molar-refractivity contribution is 0.0252.